The minimum atomic E-state index is -0.0598. The lowest BCUT2D eigenvalue weighted by molar-refractivity contribution is 0.0247. The molecule has 0 aromatic heterocycles. The van der Waals surface area contributed by atoms with Gasteiger partial charge in [-0.15, -0.1) is 0 Å². The molecule has 0 fully saturated rings. The molecule has 0 spiro atoms. The average molecular weight is 477 g/mol. The summed E-state index contributed by atoms with van der Waals surface area (Å²) in [6.07, 6.45) is 0. The lowest BCUT2D eigenvalue weighted by atomic mass is 10.1. The summed E-state index contributed by atoms with van der Waals surface area (Å²) in [4.78, 5) is 13.0. The number of hydrogen-bond donors (Lipinski definition) is 2. The Morgan fingerprint density at radius 3 is 1.29 bits per heavy atom. The number of ether oxygens (including phenoxy) is 6. The van der Waals surface area contributed by atoms with Crippen molar-refractivity contribution < 1.29 is 43.4 Å². The van der Waals surface area contributed by atoms with Crippen LogP contribution in [0.1, 0.15) is 15.9 Å². The standard InChI is InChI=1S/C25H32O9/c26-5-7-29-9-11-31-13-15-33-19-1-3-21-22-4-2-20(18-24(22)25(28)23(21)17-19)34-16-14-32-12-10-30-8-6-27/h1-4,17-18,26-27H,5-16H2. The van der Waals surface area contributed by atoms with Gasteiger partial charge in [-0.2, -0.15) is 0 Å². The van der Waals surface area contributed by atoms with Crippen molar-refractivity contribution in [2.75, 3.05) is 79.3 Å². The second kappa shape index (κ2) is 14.7. The number of aliphatic hydroxyl groups is 2. The highest BCUT2D eigenvalue weighted by Gasteiger charge is 2.27. The van der Waals surface area contributed by atoms with Gasteiger partial charge in [0.25, 0.3) is 0 Å². The van der Waals surface area contributed by atoms with Crippen molar-refractivity contribution in [3.8, 4) is 22.6 Å². The second-order valence-corrected chi connectivity index (χ2v) is 7.34. The van der Waals surface area contributed by atoms with Gasteiger partial charge in [-0.1, -0.05) is 0 Å². The van der Waals surface area contributed by atoms with Crippen LogP contribution in [0.3, 0.4) is 0 Å². The van der Waals surface area contributed by atoms with E-state index in [-0.39, 0.29) is 19.0 Å². The Kier molecular flexibility index (Phi) is 11.3. The van der Waals surface area contributed by atoms with E-state index in [9.17, 15) is 4.79 Å². The molecule has 34 heavy (non-hydrogen) atoms. The van der Waals surface area contributed by atoms with Crippen LogP contribution in [0.4, 0.5) is 0 Å². The largest absolute Gasteiger partial charge is 0.491 e. The van der Waals surface area contributed by atoms with Gasteiger partial charge in [-0.3, -0.25) is 4.79 Å². The smallest absolute Gasteiger partial charge is 0.194 e. The van der Waals surface area contributed by atoms with Gasteiger partial charge in [0.2, 0.25) is 0 Å². The minimum absolute atomic E-state index is 0.00317. The van der Waals surface area contributed by atoms with E-state index in [2.05, 4.69) is 0 Å². The Labute approximate surface area is 199 Å². The van der Waals surface area contributed by atoms with Gasteiger partial charge >= 0.3 is 0 Å². The summed E-state index contributed by atoms with van der Waals surface area (Å²) in [7, 11) is 0. The van der Waals surface area contributed by atoms with E-state index in [0.717, 1.165) is 11.1 Å². The Morgan fingerprint density at radius 2 is 0.882 bits per heavy atom. The number of aliphatic hydroxyl groups excluding tert-OH is 2. The van der Waals surface area contributed by atoms with Crippen LogP contribution in [-0.4, -0.2) is 95.3 Å². The summed E-state index contributed by atoms with van der Waals surface area (Å²) >= 11 is 0. The van der Waals surface area contributed by atoms with E-state index >= 15 is 0 Å². The fourth-order valence-corrected chi connectivity index (χ4v) is 3.43. The zero-order valence-electron chi connectivity index (χ0n) is 19.2. The molecular weight excluding hydrogens is 444 g/mol. The monoisotopic (exact) mass is 476 g/mol. The maximum atomic E-state index is 13.0. The zero-order valence-corrected chi connectivity index (χ0v) is 19.2. The number of fused-ring (bicyclic) bond motifs is 3. The summed E-state index contributed by atoms with van der Waals surface area (Å²) in [6, 6.07) is 11.0. The Morgan fingerprint density at radius 1 is 0.500 bits per heavy atom. The summed E-state index contributed by atoms with van der Waals surface area (Å²) in [5.74, 6) is 1.16. The first-order valence-corrected chi connectivity index (χ1v) is 11.4. The van der Waals surface area contributed by atoms with Gasteiger partial charge in [0.1, 0.15) is 24.7 Å². The van der Waals surface area contributed by atoms with Crippen LogP contribution in [0, 0.1) is 0 Å². The molecule has 0 saturated heterocycles. The van der Waals surface area contributed by atoms with Crippen molar-refractivity contribution in [2.24, 2.45) is 0 Å². The molecule has 9 heteroatoms. The number of rotatable bonds is 18. The first-order valence-electron chi connectivity index (χ1n) is 11.4. The number of benzene rings is 2. The molecule has 1 aliphatic rings. The van der Waals surface area contributed by atoms with Crippen LogP contribution < -0.4 is 9.47 Å². The third-order valence-corrected chi connectivity index (χ3v) is 4.97. The molecule has 3 rings (SSSR count). The molecule has 9 nitrogen and oxygen atoms in total. The van der Waals surface area contributed by atoms with E-state index in [4.69, 9.17) is 38.6 Å². The molecule has 0 amide bonds. The van der Waals surface area contributed by atoms with Gasteiger partial charge in [-0.25, -0.2) is 0 Å². The molecule has 0 unspecified atom stereocenters. The van der Waals surface area contributed by atoms with Crippen LogP contribution in [0.5, 0.6) is 11.5 Å². The van der Waals surface area contributed by atoms with Crippen LogP contribution in [0.25, 0.3) is 11.1 Å². The lowest BCUT2D eigenvalue weighted by Crippen LogP contribution is -2.12. The highest BCUT2D eigenvalue weighted by Crippen LogP contribution is 2.39. The summed E-state index contributed by atoms with van der Waals surface area (Å²) in [6.45, 7) is 3.80. The summed E-state index contributed by atoms with van der Waals surface area (Å²) in [5, 5.41) is 17.3. The second-order valence-electron chi connectivity index (χ2n) is 7.34. The predicted molar refractivity (Wildman–Crippen MR) is 124 cm³/mol. The first-order chi connectivity index (χ1) is 16.7. The molecule has 186 valence electrons. The molecule has 0 bridgehead atoms. The Balaban J connectivity index is 1.43. The van der Waals surface area contributed by atoms with Crippen molar-refractivity contribution in [1.82, 2.24) is 0 Å². The van der Waals surface area contributed by atoms with Crippen molar-refractivity contribution in [1.29, 1.82) is 0 Å². The highest BCUT2D eigenvalue weighted by atomic mass is 16.6. The number of carbonyl (C=O) groups is 1. The molecule has 2 aromatic carbocycles. The molecule has 0 radical (unpaired) electrons. The molecular formula is C25H32O9. The fourth-order valence-electron chi connectivity index (χ4n) is 3.43. The van der Waals surface area contributed by atoms with Crippen LogP contribution in [0.2, 0.25) is 0 Å². The van der Waals surface area contributed by atoms with Gasteiger partial charge in [0.05, 0.1) is 66.1 Å². The van der Waals surface area contributed by atoms with Gasteiger partial charge in [-0.05, 0) is 47.5 Å². The van der Waals surface area contributed by atoms with E-state index in [0.29, 0.717) is 88.7 Å². The molecule has 0 atom stereocenters. The van der Waals surface area contributed by atoms with Crippen molar-refractivity contribution >= 4 is 5.78 Å². The normalized spacial score (nSPS) is 12.0. The Bertz CT molecular complexity index is 828. The Hall–Kier alpha value is -2.53. The molecule has 0 heterocycles. The van der Waals surface area contributed by atoms with Crippen molar-refractivity contribution in [2.45, 2.75) is 0 Å². The van der Waals surface area contributed by atoms with E-state index in [1.807, 2.05) is 24.3 Å². The lowest BCUT2D eigenvalue weighted by Gasteiger charge is -2.09. The fraction of sp³-hybridized carbons (Fsp3) is 0.480. The maximum Gasteiger partial charge on any atom is 0.194 e. The molecule has 2 N–H and O–H groups in total. The quantitative estimate of drug-likeness (QED) is 0.265. The number of carbonyl (C=O) groups excluding carboxylic acids is 1. The third kappa shape index (κ3) is 7.76. The first kappa shape index (κ1) is 26.1. The maximum absolute atomic E-state index is 13.0. The minimum Gasteiger partial charge on any atom is -0.491 e. The SMILES string of the molecule is O=C1c2cc(OCCOCCOCCO)ccc2-c2ccc(OCCOCCOCCO)cc21. The van der Waals surface area contributed by atoms with Crippen molar-refractivity contribution in [3.05, 3.63) is 47.5 Å². The molecule has 1 aliphatic carbocycles. The van der Waals surface area contributed by atoms with Crippen LogP contribution in [0.15, 0.2) is 36.4 Å². The summed E-state index contributed by atoms with van der Waals surface area (Å²) in [5.41, 5.74) is 2.97. The van der Waals surface area contributed by atoms with Crippen molar-refractivity contribution in [3.63, 3.8) is 0 Å². The number of ketones is 1. The highest BCUT2D eigenvalue weighted by molar-refractivity contribution is 6.22. The molecule has 2 aromatic rings. The molecule has 0 saturated carbocycles. The number of hydrogen-bond acceptors (Lipinski definition) is 9. The zero-order chi connectivity index (χ0) is 24.0. The molecule has 0 aliphatic heterocycles. The average Bonchev–Trinajstić information content (AvgIpc) is 3.13. The van der Waals surface area contributed by atoms with E-state index in [1.54, 1.807) is 12.1 Å². The van der Waals surface area contributed by atoms with E-state index in [1.165, 1.54) is 0 Å². The van der Waals surface area contributed by atoms with Crippen LogP contribution >= 0.6 is 0 Å². The van der Waals surface area contributed by atoms with Crippen LogP contribution in [-0.2, 0) is 18.9 Å². The van der Waals surface area contributed by atoms with E-state index < -0.39 is 0 Å². The summed E-state index contributed by atoms with van der Waals surface area (Å²) < 4.78 is 32.5. The van der Waals surface area contributed by atoms with Gasteiger partial charge < -0.3 is 38.6 Å². The topological polar surface area (TPSA) is 113 Å². The predicted octanol–water partition coefficient (Wildman–Crippen LogP) is 1.71. The van der Waals surface area contributed by atoms with Gasteiger partial charge in [0.15, 0.2) is 5.78 Å². The third-order valence-electron chi connectivity index (χ3n) is 4.97. The van der Waals surface area contributed by atoms with Gasteiger partial charge in [0, 0.05) is 11.1 Å².